The van der Waals surface area contributed by atoms with Crippen LogP contribution in [0.25, 0.3) is 0 Å². The SMILES string of the molecule is CC(NCC1CN(C)CCN1C)C(=O)NC1CCCC1. The van der Waals surface area contributed by atoms with Crippen LogP contribution in [-0.2, 0) is 4.79 Å². The second kappa shape index (κ2) is 7.38. The molecule has 2 fully saturated rings. The Morgan fingerprint density at radius 3 is 2.65 bits per heavy atom. The molecule has 2 N–H and O–H groups in total. The number of nitrogens with one attached hydrogen (secondary N) is 2. The number of hydrogen-bond acceptors (Lipinski definition) is 4. The molecular weight excluding hydrogens is 252 g/mol. The normalized spacial score (nSPS) is 27.6. The van der Waals surface area contributed by atoms with E-state index in [2.05, 4.69) is 34.5 Å². The van der Waals surface area contributed by atoms with Crippen molar-refractivity contribution in [3.63, 3.8) is 0 Å². The summed E-state index contributed by atoms with van der Waals surface area (Å²) in [6, 6.07) is 0.807. The van der Waals surface area contributed by atoms with Crippen molar-refractivity contribution in [3.05, 3.63) is 0 Å². The molecule has 0 aromatic carbocycles. The van der Waals surface area contributed by atoms with Gasteiger partial charge in [0.05, 0.1) is 6.04 Å². The molecule has 1 heterocycles. The Hall–Kier alpha value is -0.650. The second-order valence-electron chi connectivity index (χ2n) is 6.52. The van der Waals surface area contributed by atoms with E-state index in [0.717, 1.165) is 39.0 Å². The van der Waals surface area contributed by atoms with Gasteiger partial charge in [0.15, 0.2) is 0 Å². The molecule has 0 aromatic rings. The molecule has 2 atom stereocenters. The molecule has 2 rings (SSSR count). The van der Waals surface area contributed by atoms with Gasteiger partial charge >= 0.3 is 0 Å². The first kappa shape index (κ1) is 15.7. The number of carbonyl (C=O) groups excluding carboxylic acids is 1. The van der Waals surface area contributed by atoms with Crippen molar-refractivity contribution in [2.24, 2.45) is 0 Å². The third-order valence-electron chi connectivity index (χ3n) is 4.73. The van der Waals surface area contributed by atoms with E-state index in [1.807, 2.05) is 6.92 Å². The average Bonchev–Trinajstić information content (AvgIpc) is 2.92. The van der Waals surface area contributed by atoms with Gasteiger partial charge < -0.3 is 15.5 Å². The summed E-state index contributed by atoms with van der Waals surface area (Å²) in [5.41, 5.74) is 0. The van der Waals surface area contributed by atoms with E-state index in [0.29, 0.717) is 12.1 Å². The fourth-order valence-corrected chi connectivity index (χ4v) is 3.12. The highest BCUT2D eigenvalue weighted by Gasteiger charge is 2.24. The van der Waals surface area contributed by atoms with Gasteiger partial charge in [-0.1, -0.05) is 12.8 Å². The summed E-state index contributed by atoms with van der Waals surface area (Å²) < 4.78 is 0. The van der Waals surface area contributed by atoms with Crippen LogP contribution in [0.2, 0.25) is 0 Å². The molecule has 5 nitrogen and oxygen atoms in total. The highest BCUT2D eigenvalue weighted by Crippen LogP contribution is 2.17. The van der Waals surface area contributed by atoms with Crippen LogP contribution in [0.1, 0.15) is 32.6 Å². The Morgan fingerprint density at radius 1 is 1.25 bits per heavy atom. The third-order valence-corrected chi connectivity index (χ3v) is 4.73. The first-order valence-electron chi connectivity index (χ1n) is 7.99. The lowest BCUT2D eigenvalue weighted by Gasteiger charge is -2.38. The summed E-state index contributed by atoms with van der Waals surface area (Å²) in [5, 5.41) is 6.56. The van der Waals surface area contributed by atoms with Gasteiger partial charge in [0.25, 0.3) is 0 Å². The van der Waals surface area contributed by atoms with Gasteiger partial charge in [0.2, 0.25) is 5.91 Å². The Bertz CT molecular complexity index is 317. The molecule has 5 heteroatoms. The highest BCUT2D eigenvalue weighted by molar-refractivity contribution is 5.81. The van der Waals surface area contributed by atoms with E-state index in [4.69, 9.17) is 0 Å². The van der Waals surface area contributed by atoms with Crippen LogP contribution in [0.3, 0.4) is 0 Å². The maximum Gasteiger partial charge on any atom is 0.237 e. The van der Waals surface area contributed by atoms with Gasteiger partial charge in [0.1, 0.15) is 0 Å². The van der Waals surface area contributed by atoms with Crippen LogP contribution < -0.4 is 10.6 Å². The Labute approximate surface area is 123 Å². The molecule has 0 aromatic heterocycles. The van der Waals surface area contributed by atoms with Crippen molar-refractivity contribution < 1.29 is 4.79 Å². The molecule has 2 aliphatic rings. The zero-order valence-corrected chi connectivity index (χ0v) is 13.2. The zero-order chi connectivity index (χ0) is 14.5. The predicted molar refractivity (Wildman–Crippen MR) is 81.8 cm³/mol. The summed E-state index contributed by atoms with van der Waals surface area (Å²) in [7, 11) is 4.33. The Balaban J connectivity index is 1.70. The van der Waals surface area contributed by atoms with Crippen LogP contribution >= 0.6 is 0 Å². The third kappa shape index (κ3) is 4.43. The van der Waals surface area contributed by atoms with Crippen molar-refractivity contribution in [3.8, 4) is 0 Å². The van der Waals surface area contributed by atoms with Crippen LogP contribution in [0, 0.1) is 0 Å². The predicted octanol–water partition coefficient (Wildman–Crippen LogP) is 0.269. The van der Waals surface area contributed by atoms with Gasteiger partial charge in [-0.15, -0.1) is 0 Å². The fourth-order valence-electron chi connectivity index (χ4n) is 3.12. The zero-order valence-electron chi connectivity index (χ0n) is 13.2. The van der Waals surface area contributed by atoms with E-state index >= 15 is 0 Å². The molecule has 0 spiro atoms. The van der Waals surface area contributed by atoms with Crippen molar-refractivity contribution in [1.82, 2.24) is 20.4 Å². The standard InChI is InChI=1S/C15H30N4O/c1-12(15(20)17-13-6-4-5-7-13)16-10-14-11-18(2)8-9-19(14)3/h12-14,16H,4-11H2,1-3H3,(H,17,20). The van der Waals surface area contributed by atoms with E-state index in [1.165, 1.54) is 12.8 Å². The molecule has 1 amide bonds. The van der Waals surface area contributed by atoms with E-state index in [1.54, 1.807) is 0 Å². The average molecular weight is 282 g/mol. The molecular formula is C15H30N4O. The molecule has 1 aliphatic heterocycles. The number of likely N-dealkylation sites (N-methyl/N-ethyl adjacent to an activating group) is 2. The van der Waals surface area contributed by atoms with E-state index in [9.17, 15) is 4.79 Å². The number of nitrogens with zero attached hydrogens (tertiary/aromatic N) is 2. The minimum absolute atomic E-state index is 0.101. The van der Waals surface area contributed by atoms with Crippen molar-refractivity contribution >= 4 is 5.91 Å². The summed E-state index contributed by atoms with van der Waals surface area (Å²) in [6.45, 7) is 6.15. The quantitative estimate of drug-likeness (QED) is 0.760. The van der Waals surface area contributed by atoms with Crippen LogP contribution in [-0.4, -0.2) is 74.1 Å². The number of piperazine rings is 1. The minimum Gasteiger partial charge on any atom is -0.352 e. The van der Waals surface area contributed by atoms with E-state index < -0.39 is 0 Å². The topological polar surface area (TPSA) is 47.6 Å². The lowest BCUT2D eigenvalue weighted by Crippen LogP contribution is -2.56. The molecule has 1 saturated carbocycles. The van der Waals surface area contributed by atoms with Gasteiger partial charge in [-0.25, -0.2) is 0 Å². The summed E-state index contributed by atoms with van der Waals surface area (Å²) in [6.07, 6.45) is 4.81. The van der Waals surface area contributed by atoms with Crippen molar-refractivity contribution in [2.75, 3.05) is 40.3 Å². The second-order valence-corrected chi connectivity index (χ2v) is 6.52. The monoisotopic (exact) mass is 282 g/mol. The molecule has 0 radical (unpaired) electrons. The van der Waals surface area contributed by atoms with Crippen LogP contribution in [0.5, 0.6) is 0 Å². The Kier molecular flexibility index (Phi) is 5.81. The minimum atomic E-state index is -0.101. The number of amides is 1. The fraction of sp³-hybridized carbons (Fsp3) is 0.933. The van der Waals surface area contributed by atoms with Gasteiger partial charge in [0, 0.05) is 38.3 Å². The van der Waals surface area contributed by atoms with Gasteiger partial charge in [-0.2, -0.15) is 0 Å². The first-order chi connectivity index (χ1) is 9.56. The van der Waals surface area contributed by atoms with Crippen molar-refractivity contribution in [1.29, 1.82) is 0 Å². The van der Waals surface area contributed by atoms with Gasteiger partial charge in [-0.05, 0) is 33.9 Å². The lowest BCUT2D eigenvalue weighted by molar-refractivity contribution is -0.123. The molecule has 1 saturated heterocycles. The summed E-state index contributed by atoms with van der Waals surface area (Å²) in [4.78, 5) is 16.9. The van der Waals surface area contributed by atoms with Crippen LogP contribution in [0.15, 0.2) is 0 Å². The maximum absolute atomic E-state index is 12.1. The van der Waals surface area contributed by atoms with Crippen molar-refractivity contribution in [2.45, 2.75) is 50.7 Å². The highest BCUT2D eigenvalue weighted by atomic mass is 16.2. The largest absolute Gasteiger partial charge is 0.352 e. The van der Waals surface area contributed by atoms with Gasteiger partial charge in [-0.3, -0.25) is 9.69 Å². The molecule has 116 valence electrons. The number of carbonyl (C=O) groups is 1. The molecule has 20 heavy (non-hydrogen) atoms. The molecule has 0 bridgehead atoms. The molecule has 1 aliphatic carbocycles. The summed E-state index contributed by atoms with van der Waals surface area (Å²) >= 11 is 0. The summed E-state index contributed by atoms with van der Waals surface area (Å²) in [5.74, 6) is 0.156. The molecule has 2 unspecified atom stereocenters. The lowest BCUT2D eigenvalue weighted by atomic mass is 10.1. The van der Waals surface area contributed by atoms with Crippen LogP contribution in [0.4, 0.5) is 0 Å². The van der Waals surface area contributed by atoms with E-state index in [-0.39, 0.29) is 11.9 Å². The first-order valence-corrected chi connectivity index (χ1v) is 7.99. The number of rotatable bonds is 5. The maximum atomic E-state index is 12.1. The number of hydrogen-bond donors (Lipinski definition) is 2. The Morgan fingerprint density at radius 2 is 1.95 bits per heavy atom. The smallest absolute Gasteiger partial charge is 0.237 e.